The van der Waals surface area contributed by atoms with E-state index in [1.54, 1.807) is 12.1 Å². The van der Waals surface area contributed by atoms with E-state index in [2.05, 4.69) is 0 Å². The molecule has 0 saturated heterocycles. The van der Waals surface area contributed by atoms with Crippen LogP contribution in [-0.4, -0.2) is 22.9 Å². The molecule has 0 heterocycles. The maximum absolute atomic E-state index is 12.6. The molecule has 1 rings (SSSR count). The summed E-state index contributed by atoms with van der Waals surface area (Å²) in [7, 11) is 0. The lowest BCUT2D eigenvalue weighted by atomic mass is 10.3. The Bertz CT molecular complexity index is 329. The minimum Gasteiger partial charge on any atom is -0.480 e. The molecule has 5 heteroatoms. The van der Waals surface area contributed by atoms with Crippen molar-refractivity contribution in [3.63, 3.8) is 0 Å². The quantitative estimate of drug-likeness (QED) is 0.755. The number of rotatable bonds is 5. The van der Waals surface area contributed by atoms with Crippen molar-refractivity contribution in [3.8, 4) is 0 Å². The summed E-state index contributed by atoms with van der Waals surface area (Å²) in [6, 6.07) is 5.74. The van der Waals surface area contributed by atoms with E-state index in [1.807, 2.05) is 0 Å². The molecule has 1 unspecified atom stereocenters. The van der Waals surface area contributed by atoms with Crippen LogP contribution in [0.4, 0.5) is 4.39 Å². The first-order valence-electron chi connectivity index (χ1n) is 4.48. The Morgan fingerprint density at radius 2 is 2.07 bits per heavy atom. The molecule has 1 aromatic carbocycles. The number of nitrogens with two attached hydrogens (primary N) is 1. The third-order valence-electron chi connectivity index (χ3n) is 1.80. The highest BCUT2D eigenvalue weighted by molar-refractivity contribution is 8.00. The molecule has 0 fully saturated rings. The van der Waals surface area contributed by atoms with E-state index < -0.39 is 11.2 Å². The lowest BCUT2D eigenvalue weighted by molar-refractivity contribution is -0.136. The van der Waals surface area contributed by atoms with E-state index in [0.29, 0.717) is 13.0 Å². The smallest absolute Gasteiger partial charge is 0.317 e. The van der Waals surface area contributed by atoms with Crippen LogP contribution in [-0.2, 0) is 4.79 Å². The number of carboxylic acid groups (broad SMARTS) is 1. The van der Waals surface area contributed by atoms with Crippen molar-refractivity contribution in [3.05, 3.63) is 30.1 Å². The van der Waals surface area contributed by atoms with E-state index in [4.69, 9.17) is 10.8 Å². The normalized spacial score (nSPS) is 12.4. The molecular weight excluding hydrogens is 217 g/mol. The zero-order chi connectivity index (χ0) is 11.3. The van der Waals surface area contributed by atoms with Gasteiger partial charge in [0.05, 0.1) is 0 Å². The summed E-state index contributed by atoms with van der Waals surface area (Å²) in [6.45, 7) is 0.325. The van der Waals surface area contributed by atoms with Gasteiger partial charge in [0.15, 0.2) is 0 Å². The molecular formula is C10H12FNO2S. The van der Waals surface area contributed by atoms with Crippen molar-refractivity contribution in [1.82, 2.24) is 0 Å². The number of carbonyl (C=O) groups is 1. The van der Waals surface area contributed by atoms with E-state index in [9.17, 15) is 9.18 Å². The van der Waals surface area contributed by atoms with Gasteiger partial charge in [-0.1, -0.05) is 0 Å². The van der Waals surface area contributed by atoms with Crippen LogP contribution in [0.5, 0.6) is 0 Å². The number of halogens is 1. The summed E-state index contributed by atoms with van der Waals surface area (Å²) < 4.78 is 12.6. The van der Waals surface area contributed by atoms with Crippen molar-refractivity contribution in [2.75, 3.05) is 6.54 Å². The van der Waals surface area contributed by atoms with E-state index in [-0.39, 0.29) is 5.82 Å². The number of carboxylic acids is 1. The standard InChI is InChI=1S/C10H12FNO2S/c11-7-1-3-8(4-2-7)15-9(5-6-12)10(13)14/h1-4,9H,5-6,12H2,(H,13,14). The molecule has 1 aromatic rings. The summed E-state index contributed by atoms with van der Waals surface area (Å²) >= 11 is 1.18. The Morgan fingerprint density at radius 1 is 1.47 bits per heavy atom. The first kappa shape index (κ1) is 12.0. The van der Waals surface area contributed by atoms with Gasteiger partial charge in [0.1, 0.15) is 11.1 Å². The fraction of sp³-hybridized carbons (Fsp3) is 0.300. The van der Waals surface area contributed by atoms with Crippen molar-refractivity contribution in [2.45, 2.75) is 16.6 Å². The lowest BCUT2D eigenvalue weighted by Crippen LogP contribution is -2.20. The average Bonchev–Trinajstić information content (AvgIpc) is 2.20. The Balaban J connectivity index is 2.65. The summed E-state index contributed by atoms with van der Waals surface area (Å²) in [5, 5.41) is 8.30. The summed E-state index contributed by atoms with van der Waals surface area (Å²) in [4.78, 5) is 11.5. The van der Waals surface area contributed by atoms with E-state index in [1.165, 1.54) is 23.9 Å². The highest BCUT2D eigenvalue weighted by Gasteiger charge is 2.17. The van der Waals surface area contributed by atoms with Gasteiger partial charge in [-0.3, -0.25) is 4.79 Å². The molecule has 82 valence electrons. The Labute approximate surface area is 91.5 Å². The van der Waals surface area contributed by atoms with Crippen LogP contribution >= 0.6 is 11.8 Å². The Morgan fingerprint density at radius 3 is 2.53 bits per heavy atom. The van der Waals surface area contributed by atoms with Gasteiger partial charge in [0.25, 0.3) is 0 Å². The lowest BCUT2D eigenvalue weighted by Gasteiger charge is -2.10. The molecule has 1 atom stereocenters. The van der Waals surface area contributed by atoms with Crippen molar-refractivity contribution >= 4 is 17.7 Å². The second kappa shape index (κ2) is 5.72. The van der Waals surface area contributed by atoms with Gasteiger partial charge in [-0.15, -0.1) is 11.8 Å². The number of thioether (sulfide) groups is 1. The minimum absolute atomic E-state index is 0.325. The zero-order valence-electron chi connectivity index (χ0n) is 8.02. The van der Waals surface area contributed by atoms with Gasteiger partial charge in [-0.05, 0) is 37.2 Å². The first-order valence-corrected chi connectivity index (χ1v) is 5.36. The van der Waals surface area contributed by atoms with Gasteiger partial charge < -0.3 is 10.8 Å². The third kappa shape index (κ3) is 3.89. The van der Waals surface area contributed by atoms with Crippen LogP contribution in [0, 0.1) is 5.82 Å². The molecule has 3 N–H and O–H groups in total. The summed E-state index contributed by atoms with van der Waals surface area (Å²) in [5.41, 5.74) is 5.31. The van der Waals surface area contributed by atoms with Crippen LogP contribution in [0.3, 0.4) is 0 Å². The third-order valence-corrected chi connectivity index (χ3v) is 3.06. The van der Waals surface area contributed by atoms with Crippen molar-refractivity contribution in [2.24, 2.45) is 5.73 Å². The predicted molar refractivity (Wildman–Crippen MR) is 57.4 cm³/mol. The fourth-order valence-corrected chi connectivity index (χ4v) is 2.04. The second-order valence-corrected chi connectivity index (χ2v) is 4.25. The zero-order valence-corrected chi connectivity index (χ0v) is 8.84. The molecule has 0 radical (unpaired) electrons. The highest BCUT2D eigenvalue weighted by atomic mass is 32.2. The molecule has 15 heavy (non-hydrogen) atoms. The van der Waals surface area contributed by atoms with E-state index in [0.717, 1.165) is 4.90 Å². The SMILES string of the molecule is NCCC(Sc1ccc(F)cc1)C(=O)O. The van der Waals surface area contributed by atoms with Crippen LogP contribution in [0.1, 0.15) is 6.42 Å². The fourth-order valence-electron chi connectivity index (χ4n) is 1.06. The minimum atomic E-state index is -0.894. The number of hydrogen-bond donors (Lipinski definition) is 2. The van der Waals surface area contributed by atoms with Crippen molar-refractivity contribution < 1.29 is 14.3 Å². The second-order valence-electron chi connectivity index (χ2n) is 2.98. The van der Waals surface area contributed by atoms with Gasteiger partial charge >= 0.3 is 5.97 Å². The van der Waals surface area contributed by atoms with E-state index >= 15 is 0 Å². The molecule has 0 aliphatic heterocycles. The molecule has 0 bridgehead atoms. The molecule has 0 amide bonds. The van der Waals surface area contributed by atoms with Crippen molar-refractivity contribution in [1.29, 1.82) is 0 Å². The molecule has 0 saturated carbocycles. The molecule has 0 aliphatic carbocycles. The topological polar surface area (TPSA) is 63.3 Å². The summed E-state index contributed by atoms with van der Waals surface area (Å²) in [5.74, 6) is -1.22. The van der Waals surface area contributed by atoms with Crippen LogP contribution in [0.2, 0.25) is 0 Å². The van der Waals surface area contributed by atoms with Crippen LogP contribution in [0.25, 0.3) is 0 Å². The van der Waals surface area contributed by atoms with Gasteiger partial charge in [0.2, 0.25) is 0 Å². The number of benzene rings is 1. The largest absolute Gasteiger partial charge is 0.480 e. The highest BCUT2D eigenvalue weighted by Crippen LogP contribution is 2.25. The molecule has 0 spiro atoms. The first-order chi connectivity index (χ1) is 7.13. The molecule has 0 aliphatic rings. The molecule has 0 aromatic heterocycles. The van der Waals surface area contributed by atoms with Gasteiger partial charge in [-0.2, -0.15) is 0 Å². The number of aliphatic carboxylic acids is 1. The Hall–Kier alpha value is -1.07. The molecule has 3 nitrogen and oxygen atoms in total. The maximum Gasteiger partial charge on any atom is 0.317 e. The van der Waals surface area contributed by atoms with Crippen LogP contribution in [0.15, 0.2) is 29.2 Å². The Kier molecular flexibility index (Phi) is 4.58. The van der Waals surface area contributed by atoms with Gasteiger partial charge in [-0.25, -0.2) is 4.39 Å². The average molecular weight is 229 g/mol. The number of hydrogen-bond acceptors (Lipinski definition) is 3. The van der Waals surface area contributed by atoms with Gasteiger partial charge in [0, 0.05) is 4.90 Å². The van der Waals surface area contributed by atoms with Crippen LogP contribution < -0.4 is 5.73 Å². The monoisotopic (exact) mass is 229 g/mol. The summed E-state index contributed by atoms with van der Waals surface area (Å²) in [6.07, 6.45) is 0.400. The predicted octanol–water partition coefficient (Wildman–Crippen LogP) is 1.72. The maximum atomic E-state index is 12.6.